The maximum atomic E-state index is 13.5. The summed E-state index contributed by atoms with van der Waals surface area (Å²) in [6, 6.07) is 4.72. The van der Waals surface area contributed by atoms with Crippen LogP contribution in [0.25, 0.3) is 0 Å². The molecule has 1 fully saturated rings. The minimum atomic E-state index is -0.327. The average Bonchev–Trinajstić information content (AvgIpc) is 2.35. The largest absolute Gasteiger partial charge is 0.387 e. The van der Waals surface area contributed by atoms with E-state index in [0.29, 0.717) is 17.4 Å². The molecule has 0 radical (unpaired) electrons. The Balaban J connectivity index is 2.19. The van der Waals surface area contributed by atoms with Gasteiger partial charge in [-0.2, -0.15) is 0 Å². The summed E-state index contributed by atoms with van der Waals surface area (Å²) in [5.74, 6) is 0.566. The van der Waals surface area contributed by atoms with E-state index in [4.69, 9.17) is 5.73 Å². The molecule has 2 nitrogen and oxygen atoms in total. The lowest BCUT2D eigenvalue weighted by Gasteiger charge is -2.20. The Morgan fingerprint density at radius 3 is 2.71 bits per heavy atom. The van der Waals surface area contributed by atoms with Gasteiger partial charge in [0.1, 0.15) is 17.3 Å². The zero-order valence-corrected chi connectivity index (χ0v) is 11.2. The van der Waals surface area contributed by atoms with Crippen LogP contribution in [-0.4, -0.2) is 5.84 Å². The van der Waals surface area contributed by atoms with Crippen LogP contribution in [0.15, 0.2) is 27.7 Å². The van der Waals surface area contributed by atoms with Gasteiger partial charge in [0, 0.05) is 10.4 Å². The lowest BCUT2D eigenvalue weighted by molar-refractivity contribution is 0.437. The van der Waals surface area contributed by atoms with E-state index in [9.17, 15) is 4.39 Å². The zero-order valence-electron chi connectivity index (χ0n) is 9.63. The van der Waals surface area contributed by atoms with E-state index >= 15 is 0 Å². The van der Waals surface area contributed by atoms with Crippen LogP contribution in [0.1, 0.15) is 32.1 Å². The first-order chi connectivity index (χ1) is 8.16. The Kier molecular flexibility index (Phi) is 4.15. The molecule has 0 atom stereocenters. The van der Waals surface area contributed by atoms with Crippen molar-refractivity contribution >= 4 is 27.5 Å². The summed E-state index contributed by atoms with van der Waals surface area (Å²) in [6.07, 6.45) is 5.81. The summed E-state index contributed by atoms with van der Waals surface area (Å²) in [7, 11) is 0. The molecule has 0 aliphatic heterocycles. The second kappa shape index (κ2) is 5.63. The van der Waals surface area contributed by atoms with Gasteiger partial charge in [-0.3, -0.25) is 0 Å². The fraction of sp³-hybridized carbons (Fsp3) is 0.462. The van der Waals surface area contributed by atoms with Crippen LogP contribution in [0.5, 0.6) is 0 Å². The third kappa shape index (κ3) is 3.28. The summed E-state index contributed by atoms with van der Waals surface area (Å²) < 4.78 is 14.3. The highest BCUT2D eigenvalue weighted by atomic mass is 79.9. The molecular weight excluding hydrogens is 283 g/mol. The van der Waals surface area contributed by atoms with Crippen LogP contribution in [-0.2, 0) is 0 Å². The van der Waals surface area contributed by atoms with Crippen molar-refractivity contribution < 1.29 is 4.39 Å². The normalized spacial score (nSPS) is 18.4. The molecule has 1 aromatic carbocycles. The van der Waals surface area contributed by atoms with Gasteiger partial charge < -0.3 is 5.73 Å². The lowest BCUT2D eigenvalue weighted by Crippen LogP contribution is -2.25. The molecular formula is C13H16BrFN2. The maximum absolute atomic E-state index is 13.5. The Labute approximate surface area is 109 Å². The zero-order chi connectivity index (χ0) is 12.3. The molecule has 17 heavy (non-hydrogen) atoms. The minimum Gasteiger partial charge on any atom is -0.387 e. The Bertz CT molecular complexity index is 425. The molecule has 0 heterocycles. The van der Waals surface area contributed by atoms with Gasteiger partial charge in [0.25, 0.3) is 0 Å². The predicted molar refractivity (Wildman–Crippen MR) is 72.0 cm³/mol. The standard InChI is InChI=1S/C13H16BrFN2/c14-10-6-7-11(15)12(8-10)17-13(16)9-4-2-1-3-5-9/h6-9H,1-5H2,(H2,16,17). The van der Waals surface area contributed by atoms with Crippen molar-refractivity contribution in [3.63, 3.8) is 0 Å². The molecule has 0 aromatic heterocycles. The molecule has 4 heteroatoms. The van der Waals surface area contributed by atoms with Gasteiger partial charge in [0.15, 0.2) is 0 Å². The smallest absolute Gasteiger partial charge is 0.148 e. The van der Waals surface area contributed by atoms with E-state index in [1.165, 1.54) is 25.3 Å². The van der Waals surface area contributed by atoms with Gasteiger partial charge in [0.05, 0.1) is 0 Å². The van der Waals surface area contributed by atoms with Crippen molar-refractivity contribution in [1.29, 1.82) is 0 Å². The third-order valence-corrected chi connectivity index (χ3v) is 3.67. The van der Waals surface area contributed by atoms with Crippen molar-refractivity contribution in [1.82, 2.24) is 0 Å². The number of hydrogen-bond acceptors (Lipinski definition) is 1. The van der Waals surface area contributed by atoms with Crippen LogP contribution in [0.2, 0.25) is 0 Å². The van der Waals surface area contributed by atoms with Gasteiger partial charge in [-0.15, -0.1) is 0 Å². The summed E-state index contributed by atoms with van der Waals surface area (Å²) >= 11 is 3.31. The summed E-state index contributed by atoms with van der Waals surface area (Å²) in [5, 5.41) is 0. The number of hydrogen-bond donors (Lipinski definition) is 1. The number of rotatable bonds is 2. The van der Waals surface area contributed by atoms with Crippen molar-refractivity contribution in [3.8, 4) is 0 Å². The van der Waals surface area contributed by atoms with E-state index in [2.05, 4.69) is 20.9 Å². The van der Waals surface area contributed by atoms with Crippen LogP contribution in [0.4, 0.5) is 10.1 Å². The van der Waals surface area contributed by atoms with E-state index in [1.807, 2.05) is 0 Å². The van der Waals surface area contributed by atoms with Crippen LogP contribution >= 0.6 is 15.9 Å². The molecule has 1 aliphatic carbocycles. The van der Waals surface area contributed by atoms with Crippen LogP contribution < -0.4 is 5.73 Å². The highest BCUT2D eigenvalue weighted by Gasteiger charge is 2.17. The molecule has 92 valence electrons. The summed E-state index contributed by atoms with van der Waals surface area (Å²) in [4.78, 5) is 4.23. The number of nitrogens with zero attached hydrogens (tertiary/aromatic N) is 1. The number of amidine groups is 1. The van der Waals surface area contributed by atoms with E-state index < -0.39 is 0 Å². The lowest BCUT2D eigenvalue weighted by atomic mass is 9.88. The molecule has 2 rings (SSSR count). The van der Waals surface area contributed by atoms with Crippen molar-refractivity contribution in [2.45, 2.75) is 32.1 Å². The SMILES string of the molecule is NC(=Nc1cc(Br)ccc1F)C1CCCCC1. The molecule has 0 bridgehead atoms. The highest BCUT2D eigenvalue weighted by molar-refractivity contribution is 9.10. The molecule has 2 N–H and O–H groups in total. The van der Waals surface area contributed by atoms with Gasteiger partial charge in [-0.1, -0.05) is 35.2 Å². The minimum absolute atomic E-state index is 0.321. The Hall–Kier alpha value is -0.900. The summed E-state index contributed by atoms with van der Waals surface area (Å²) in [5.41, 5.74) is 6.29. The topological polar surface area (TPSA) is 38.4 Å². The molecule has 1 aromatic rings. The van der Waals surface area contributed by atoms with Gasteiger partial charge in [-0.05, 0) is 31.0 Å². The molecule has 1 saturated carbocycles. The van der Waals surface area contributed by atoms with E-state index in [0.717, 1.165) is 17.3 Å². The Morgan fingerprint density at radius 1 is 1.29 bits per heavy atom. The first-order valence-electron chi connectivity index (χ1n) is 5.96. The Morgan fingerprint density at radius 2 is 2.00 bits per heavy atom. The molecule has 0 saturated heterocycles. The monoisotopic (exact) mass is 298 g/mol. The quantitative estimate of drug-likeness (QED) is 0.646. The number of nitrogens with two attached hydrogens (primary N) is 1. The van der Waals surface area contributed by atoms with Crippen molar-refractivity contribution in [2.75, 3.05) is 0 Å². The van der Waals surface area contributed by atoms with Gasteiger partial charge in [-0.25, -0.2) is 9.38 Å². The van der Waals surface area contributed by atoms with Crippen LogP contribution in [0, 0.1) is 11.7 Å². The second-order valence-electron chi connectivity index (χ2n) is 4.47. The average molecular weight is 299 g/mol. The fourth-order valence-corrected chi connectivity index (χ4v) is 2.55. The maximum Gasteiger partial charge on any atom is 0.148 e. The first kappa shape index (κ1) is 12.6. The molecule has 0 unspecified atom stereocenters. The molecule has 1 aliphatic rings. The predicted octanol–water partition coefficient (Wildman–Crippen LogP) is 4.16. The fourth-order valence-electron chi connectivity index (χ4n) is 2.20. The van der Waals surface area contributed by atoms with Crippen LogP contribution in [0.3, 0.4) is 0 Å². The second-order valence-corrected chi connectivity index (χ2v) is 5.38. The van der Waals surface area contributed by atoms with Gasteiger partial charge >= 0.3 is 0 Å². The third-order valence-electron chi connectivity index (χ3n) is 3.18. The summed E-state index contributed by atoms with van der Waals surface area (Å²) in [6.45, 7) is 0. The number of benzene rings is 1. The molecule has 0 amide bonds. The van der Waals surface area contributed by atoms with E-state index in [-0.39, 0.29) is 5.82 Å². The number of aliphatic imine (C=N–C) groups is 1. The van der Waals surface area contributed by atoms with E-state index in [1.54, 1.807) is 12.1 Å². The highest BCUT2D eigenvalue weighted by Crippen LogP contribution is 2.27. The van der Waals surface area contributed by atoms with Crippen molar-refractivity contribution in [2.24, 2.45) is 16.6 Å². The van der Waals surface area contributed by atoms with Crippen molar-refractivity contribution in [3.05, 3.63) is 28.5 Å². The first-order valence-corrected chi connectivity index (χ1v) is 6.75. The van der Waals surface area contributed by atoms with Gasteiger partial charge in [0.2, 0.25) is 0 Å². The molecule has 0 spiro atoms. The number of halogens is 2.